The van der Waals surface area contributed by atoms with Gasteiger partial charge in [0.05, 0.1) is 28.4 Å². The molecule has 0 saturated heterocycles. The zero-order valence-electron chi connectivity index (χ0n) is 17.2. The summed E-state index contributed by atoms with van der Waals surface area (Å²) < 4.78 is 5.85. The van der Waals surface area contributed by atoms with Crippen LogP contribution in [0.3, 0.4) is 0 Å². The summed E-state index contributed by atoms with van der Waals surface area (Å²) in [5, 5.41) is 17.1. The molecule has 0 saturated carbocycles. The lowest BCUT2D eigenvalue weighted by atomic mass is 10.2. The molecule has 4 rings (SSSR count). The predicted molar refractivity (Wildman–Crippen MR) is 124 cm³/mol. The summed E-state index contributed by atoms with van der Waals surface area (Å²) in [5.74, 6) is 0.337. The maximum Gasteiger partial charge on any atom is 0.243 e. The van der Waals surface area contributed by atoms with E-state index in [1.54, 1.807) is 23.4 Å². The quantitative estimate of drug-likeness (QED) is 0.191. The van der Waals surface area contributed by atoms with Crippen LogP contribution in [0.2, 0.25) is 0 Å². The number of benzene rings is 2. The Labute approximate surface area is 189 Å². The molecule has 0 fully saturated rings. The average Bonchev–Trinajstić information content (AvgIpc) is 3.24. The summed E-state index contributed by atoms with van der Waals surface area (Å²) >= 11 is 1.60. The summed E-state index contributed by atoms with van der Waals surface area (Å²) in [6.07, 6.45) is 6.38. The first-order valence-corrected chi connectivity index (χ1v) is 10.9. The molecule has 162 valence electrons. The number of amides is 1. The SMILES string of the molecule is O=C(CCCOc1ccccc1Sc1ccc2c(/C=C/c3ccccn3)n[nH]c2c1)NO. The number of aromatic nitrogens is 3. The summed E-state index contributed by atoms with van der Waals surface area (Å²) in [6.45, 7) is 0.385. The number of ether oxygens (including phenoxy) is 1. The zero-order valence-corrected chi connectivity index (χ0v) is 18.0. The van der Waals surface area contributed by atoms with Crippen molar-refractivity contribution in [1.29, 1.82) is 0 Å². The highest BCUT2D eigenvalue weighted by atomic mass is 32.2. The Hall–Kier alpha value is -3.62. The number of fused-ring (bicyclic) bond motifs is 1. The van der Waals surface area contributed by atoms with E-state index in [0.29, 0.717) is 13.0 Å². The zero-order chi connectivity index (χ0) is 22.2. The number of hydrogen-bond donors (Lipinski definition) is 3. The molecule has 4 aromatic rings. The number of hydroxylamine groups is 1. The lowest BCUT2D eigenvalue weighted by Gasteiger charge is -2.11. The van der Waals surface area contributed by atoms with Crippen LogP contribution >= 0.6 is 11.8 Å². The summed E-state index contributed by atoms with van der Waals surface area (Å²) in [7, 11) is 0. The van der Waals surface area contributed by atoms with Gasteiger partial charge < -0.3 is 4.74 Å². The summed E-state index contributed by atoms with van der Waals surface area (Å²) in [6, 6.07) is 19.7. The van der Waals surface area contributed by atoms with Crippen LogP contribution in [0.4, 0.5) is 0 Å². The minimum Gasteiger partial charge on any atom is -0.492 e. The first kappa shape index (κ1) is 21.6. The third kappa shape index (κ3) is 5.54. The van der Waals surface area contributed by atoms with E-state index < -0.39 is 5.91 Å². The fourth-order valence-electron chi connectivity index (χ4n) is 3.10. The third-order valence-corrected chi connectivity index (χ3v) is 5.72. The van der Waals surface area contributed by atoms with E-state index >= 15 is 0 Å². The smallest absolute Gasteiger partial charge is 0.243 e. The van der Waals surface area contributed by atoms with Crippen molar-refractivity contribution in [3.05, 3.63) is 78.2 Å². The molecule has 1 amide bonds. The van der Waals surface area contributed by atoms with Crippen molar-refractivity contribution >= 4 is 40.7 Å². The van der Waals surface area contributed by atoms with Crippen LogP contribution in [-0.2, 0) is 4.79 Å². The molecule has 2 heterocycles. The highest BCUT2D eigenvalue weighted by molar-refractivity contribution is 7.99. The van der Waals surface area contributed by atoms with Crippen LogP contribution in [0.5, 0.6) is 5.75 Å². The molecule has 0 bridgehead atoms. The van der Waals surface area contributed by atoms with Crippen molar-refractivity contribution in [3.63, 3.8) is 0 Å². The van der Waals surface area contributed by atoms with Crippen molar-refractivity contribution in [2.24, 2.45) is 0 Å². The van der Waals surface area contributed by atoms with Crippen LogP contribution in [0, 0.1) is 0 Å². The van der Waals surface area contributed by atoms with Crippen molar-refractivity contribution in [3.8, 4) is 5.75 Å². The number of nitrogens with one attached hydrogen (secondary N) is 2. The van der Waals surface area contributed by atoms with Crippen molar-refractivity contribution < 1.29 is 14.7 Å². The number of aromatic amines is 1. The number of nitrogens with zero attached hydrogens (tertiary/aromatic N) is 2. The van der Waals surface area contributed by atoms with Crippen molar-refractivity contribution in [1.82, 2.24) is 20.7 Å². The second-order valence-electron chi connectivity index (χ2n) is 6.94. The van der Waals surface area contributed by atoms with Gasteiger partial charge in [0, 0.05) is 22.9 Å². The normalized spacial score (nSPS) is 11.2. The Morgan fingerprint density at radius 3 is 2.84 bits per heavy atom. The Balaban J connectivity index is 1.45. The van der Waals surface area contributed by atoms with E-state index in [1.165, 1.54) is 0 Å². The Morgan fingerprint density at radius 1 is 1.12 bits per heavy atom. The standard InChI is InChI=1S/C24H22N4O3S/c29-24(28-30)9-5-15-31-22-7-1-2-8-23(22)32-18-11-12-19-20(26-27-21(19)16-18)13-10-17-6-3-4-14-25-17/h1-4,6-8,10-14,16,30H,5,9,15H2,(H,26,27)(H,28,29)/b13-10+. The Kier molecular flexibility index (Phi) is 7.16. The van der Waals surface area contributed by atoms with Crippen molar-refractivity contribution in [2.45, 2.75) is 22.6 Å². The van der Waals surface area contributed by atoms with Gasteiger partial charge in [0.2, 0.25) is 5.91 Å². The first-order valence-electron chi connectivity index (χ1n) is 10.1. The van der Waals surface area contributed by atoms with Gasteiger partial charge in [0.25, 0.3) is 0 Å². The molecule has 32 heavy (non-hydrogen) atoms. The van der Waals surface area contributed by atoms with Gasteiger partial charge in [-0.1, -0.05) is 30.0 Å². The minimum atomic E-state index is -0.418. The predicted octanol–water partition coefficient (Wildman–Crippen LogP) is 4.94. The van der Waals surface area contributed by atoms with E-state index in [1.807, 2.05) is 54.6 Å². The molecule has 2 aromatic carbocycles. The van der Waals surface area contributed by atoms with Crippen LogP contribution in [0.15, 0.2) is 76.7 Å². The van der Waals surface area contributed by atoms with E-state index in [2.05, 4.69) is 33.4 Å². The molecule has 2 aromatic heterocycles. The van der Waals surface area contributed by atoms with Gasteiger partial charge in [0.1, 0.15) is 5.75 Å². The molecule has 0 aliphatic rings. The maximum atomic E-state index is 11.1. The van der Waals surface area contributed by atoms with Gasteiger partial charge in [-0.15, -0.1) is 0 Å². The lowest BCUT2D eigenvalue weighted by Crippen LogP contribution is -2.18. The number of para-hydroxylation sites is 1. The molecule has 0 radical (unpaired) electrons. The molecular weight excluding hydrogens is 424 g/mol. The molecule has 0 atom stereocenters. The number of hydrogen-bond acceptors (Lipinski definition) is 6. The van der Waals surface area contributed by atoms with Gasteiger partial charge in [-0.05, 0) is 61.0 Å². The lowest BCUT2D eigenvalue weighted by molar-refractivity contribution is -0.129. The fourth-order valence-corrected chi connectivity index (χ4v) is 4.04. The number of pyridine rings is 1. The molecule has 0 spiro atoms. The largest absolute Gasteiger partial charge is 0.492 e. The van der Waals surface area contributed by atoms with Gasteiger partial charge in [0.15, 0.2) is 0 Å². The van der Waals surface area contributed by atoms with Crippen molar-refractivity contribution in [2.75, 3.05) is 6.61 Å². The molecular formula is C24H22N4O3S. The van der Waals surface area contributed by atoms with Gasteiger partial charge >= 0.3 is 0 Å². The first-order chi connectivity index (χ1) is 15.7. The van der Waals surface area contributed by atoms with Crippen LogP contribution < -0.4 is 10.2 Å². The number of carbonyl (C=O) groups is 1. The monoisotopic (exact) mass is 446 g/mol. The molecule has 0 aliphatic heterocycles. The molecule has 0 aliphatic carbocycles. The minimum absolute atomic E-state index is 0.208. The fraction of sp³-hybridized carbons (Fsp3) is 0.125. The van der Waals surface area contributed by atoms with E-state index in [4.69, 9.17) is 9.94 Å². The second-order valence-corrected chi connectivity index (χ2v) is 8.06. The number of rotatable bonds is 9. The van der Waals surface area contributed by atoms with Gasteiger partial charge in [-0.3, -0.25) is 20.1 Å². The molecule has 8 heteroatoms. The second kappa shape index (κ2) is 10.6. The van der Waals surface area contributed by atoms with Gasteiger partial charge in [-0.2, -0.15) is 5.10 Å². The summed E-state index contributed by atoms with van der Waals surface area (Å²) in [5.41, 5.74) is 4.31. The highest BCUT2D eigenvalue weighted by Gasteiger charge is 2.09. The summed E-state index contributed by atoms with van der Waals surface area (Å²) in [4.78, 5) is 17.4. The van der Waals surface area contributed by atoms with Gasteiger partial charge in [-0.25, -0.2) is 5.48 Å². The van der Waals surface area contributed by atoms with Crippen LogP contribution in [-0.4, -0.2) is 32.9 Å². The van der Waals surface area contributed by atoms with E-state index in [-0.39, 0.29) is 6.42 Å². The number of H-pyrrole nitrogens is 1. The Morgan fingerprint density at radius 2 is 2.00 bits per heavy atom. The Bertz CT molecular complexity index is 1220. The average molecular weight is 447 g/mol. The van der Waals surface area contributed by atoms with Crippen LogP contribution in [0.25, 0.3) is 23.1 Å². The number of carbonyl (C=O) groups excluding carboxylic acids is 1. The molecule has 7 nitrogen and oxygen atoms in total. The van der Waals surface area contributed by atoms with E-state index in [0.717, 1.165) is 37.8 Å². The van der Waals surface area contributed by atoms with Crippen LogP contribution in [0.1, 0.15) is 24.2 Å². The molecule has 3 N–H and O–H groups in total. The maximum absolute atomic E-state index is 11.1. The topological polar surface area (TPSA) is 100 Å². The molecule has 0 unspecified atom stereocenters. The third-order valence-electron chi connectivity index (χ3n) is 4.67. The van der Waals surface area contributed by atoms with E-state index in [9.17, 15) is 4.79 Å². The highest BCUT2D eigenvalue weighted by Crippen LogP contribution is 2.36.